The molecular weight excluding hydrogens is 332 g/mol. The number of sulfone groups is 1. The quantitative estimate of drug-likeness (QED) is 0.488. The van der Waals surface area contributed by atoms with Gasteiger partial charge in [-0.15, -0.1) is 0 Å². The third-order valence-electron chi connectivity index (χ3n) is 3.14. The van der Waals surface area contributed by atoms with Gasteiger partial charge in [-0.25, -0.2) is 18.4 Å². The molecule has 0 radical (unpaired) electrons. The molecule has 9 heteroatoms. The number of aliphatic hydroxyl groups is 2. The van der Waals surface area contributed by atoms with Gasteiger partial charge in [0, 0.05) is 23.9 Å². The van der Waals surface area contributed by atoms with E-state index >= 15 is 0 Å². The van der Waals surface area contributed by atoms with Gasteiger partial charge in [0.05, 0.1) is 30.4 Å². The number of aromatic nitrogens is 2. The number of rotatable bonds is 8. The van der Waals surface area contributed by atoms with E-state index in [4.69, 9.17) is 15.9 Å². The number of benzene rings is 1. The zero-order chi connectivity index (χ0) is 17.6. The minimum atomic E-state index is -3.47. The van der Waals surface area contributed by atoms with Gasteiger partial charge in [0.1, 0.15) is 5.82 Å². The van der Waals surface area contributed by atoms with Crippen molar-refractivity contribution in [1.29, 1.82) is 0 Å². The van der Waals surface area contributed by atoms with Crippen LogP contribution in [0.15, 0.2) is 30.3 Å². The summed E-state index contributed by atoms with van der Waals surface area (Å²) in [6.45, 7) is -0.242. The minimum absolute atomic E-state index is 0.0840. The Bertz CT molecular complexity index is 779. The van der Waals surface area contributed by atoms with Crippen molar-refractivity contribution in [2.45, 2.75) is 5.75 Å². The summed E-state index contributed by atoms with van der Waals surface area (Å²) < 4.78 is 23.8. The number of aliphatic hydroxyl groups excluding tert-OH is 2. The van der Waals surface area contributed by atoms with E-state index in [1.54, 1.807) is 24.3 Å². The number of nitrogens with two attached hydrogens (primary N) is 1. The summed E-state index contributed by atoms with van der Waals surface area (Å²) in [5.41, 5.74) is 7.26. The summed E-state index contributed by atoms with van der Waals surface area (Å²) in [6, 6.07) is 8.41. The highest BCUT2D eigenvalue weighted by molar-refractivity contribution is 7.90. The molecule has 0 atom stereocenters. The normalized spacial score (nSPS) is 11.4. The predicted octanol–water partition coefficient (Wildman–Crippen LogP) is 0.0371. The molecule has 130 valence electrons. The maximum absolute atomic E-state index is 11.9. The van der Waals surface area contributed by atoms with Gasteiger partial charge in [-0.3, -0.25) is 0 Å². The summed E-state index contributed by atoms with van der Waals surface area (Å²) in [5, 5.41) is 20.7. The lowest BCUT2D eigenvalue weighted by Gasteiger charge is -2.10. The highest BCUT2D eigenvalue weighted by atomic mass is 32.2. The Morgan fingerprint density at radius 3 is 2.42 bits per heavy atom. The molecule has 0 spiro atoms. The van der Waals surface area contributed by atoms with Crippen LogP contribution in [0.25, 0.3) is 11.4 Å². The summed E-state index contributed by atoms with van der Waals surface area (Å²) in [7, 11) is -3.47. The lowest BCUT2D eigenvalue weighted by atomic mass is 10.2. The molecule has 0 aliphatic rings. The Morgan fingerprint density at radius 2 is 1.79 bits per heavy atom. The fraction of sp³-hybridized carbons (Fsp3) is 0.333. The Kier molecular flexibility index (Phi) is 6.07. The van der Waals surface area contributed by atoms with Crippen molar-refractivity contribution in [3.05, 3.63) is 36.0 Å². The molecule has 2 rings (SSSR count). The number of nitrogens with zero attached hydrogens (tertiary/aromatic N) is 2. The highest BCUT2D eigenvalue weighted by Crippen LogP contribution is 2.20. The van der Waals surface area contributed by atoms with Crippen LogP contribution in [-0.2, 0) is 15.6 Å². The first-order valence-corrected chi connectivity index (χ1v) is 9.15. The van der Waals surface area contributed by atoms with Crippen LogP contribution in [0.5, 0.6) is 0 Å². The first-order valence-electron chi connectivity index (χ1n) is 7.33. The van der Waals surface area contributed by atoms with Gasteiger partial charge in [-0.2, -0.15) is 0 Å². The van der Waals surface area contributed by atoms with Crippen molar-refractivity contribution in [3.8, 4) is 11.4 Å². The number of nitrogen functional groups attached to an aromatic ring is 1. The van der Waals surface area contributed by atoms with E-state index < -0.39 is 16.4 Å². The van der Waals surface area contributed by atoms with Gasteiger partial charge in [-0.1, -0.05) is 0 Å². The zero-order valence-corrected chi connectivity index (χ0v) is 13.8. The van der Waals surface area contributed by atoms with E-state index in [0.29, 0.717) is 28.6 Å². The SMILES string of the molecule is Nc1ccc(-c2nc(CS(=O)(=O)CCO)cc(NCCO)n2)cc1. The molecule has 8 nitrogen and oxygen atoms in total. The first-order chi connectivity index (χ1) is 11.4. The van der Waals surface area contributed by atoms with Crippen molar-refractivity contribution < 1.29 is 18.6 Å². The third kappa shape index (κ3) is 5.15. The van der Waals surface area contributed by atoms with Crippen molar-refractivity contribution in [3.63, 3.8) is 0 Å². The lowest BCUT2D eigenvalue weighted by molar-refractivity contribution is 0.311. The number of anilines is 2. The van der Waals surface area contributed by atoms with Gasteiger partial charge < -0.3 is 21.3 Å². The summed E-state index contributed by atoms with van der Waals surface area (Å²) in [5.74, 6) is 0.145. The van der Waals surface area contributed by atoms with Crippen molar-refractivity contribution >= 4 is 21.3 Å². The highest BCUT2D eigenvalue weighted by Gasteiger charge is 2.15. The molecule has 0 fully saturated rings. The molecule has 1 aromatic heterocycles. The molecule has 1 heterocycles. The zero-order valence-electron chi connectivity index (χ0n) is 13.0. The molecule has 0 unspecified atom stereocenters. The van der Waals surface area contributed by atoms with Gasteiger partial charge in [-0.05, 0) is 24.3 Å². The largest absolute Gasteiger partial charge is 0.399 e. The molecule has 5 N–H and O–H groups in total. The van der Waals surface area contributed by atoms with Gasteiger partial charge in [0.2, 0.25) is 0 Å². The second kappa shape index (κ2) is 8.04. The van der Waals surface area contributed by atoms with E-state index in [1.807, 2.05) is 0 Å². The maximum Gasteiger partial charge on any atom is 0.161 e. The molecule has 0 amide bonds. The average Bonchev–Trinajstić information content (AvgIpc) is 2.52. The Labute approximate surface area is 140 Å². The lowest BCUT2D eigenvalue weighted by Crippen LogP contribution is -2.15. The standard InChI is InChI=1S/C15H20N4O4S/c16-12-3-1-11(2-4-12)15-18-13(10-24(22,23)8-7-21)9-14(19-15)17-5-6-20/h1-4,9,20-21H,5-8,10,16H2,(H,17,18,19). The van der Waals surface area contributed by atoms with Gasteiger partial charge in [0.15, 0.2) is 15.7 Å². The molecule has 0 aliphatic carbocycles. The summed E-state index contributed by atoms with van der Waals surface area (Å²) >= 11 is 0. The maximum atomic E-state index is 11.9. The Hall–Kier alpha value is -2.23. The second-order valence-corrected chi connectivity index (χ2v) is 7.34. The van der Waals surface area contributed by atoms with Crippen molar-refractivity contribution in [1.82, 2.24) is 9.97 Å². The van der Waals surface area contributed by atoms with E-state index in [2.05, 4.69) is 15.3 Å². The van der Waals surface area contributed by atoms with Crippen LogP contribution in [0.3, 0.4) is 0 Å². The number of hydrogen-bond donors (Lipinski definition) is 4. The fourth-order valence-electron chi connectivity index (χ4n) is 2.04. The minimum Gasteiger partial charge on any atom is -0.399 e. The van der Waals surface area contributed by atoms with Gasteiger partial charge in [0.25, 0.3) is 0 Å². The predicted molar refractivity (Wildman–Crippen MR) is 92.0 cm³/mol. The van der Waals surface area contributed by atoms with Crippen molar-refractivity contribution in [2.75, 3.05) is 36.6 Å². The fourth-order valence-corrected chi connectivity index (χ4v) is 3.06. The monoisotopic (exact) mass is 352 g/mol. The van der Waals surface area contributed by atoms with Crippen LogP contribution < -0.4 is 11.1 Å². The van der Waals surface area contributed by atoms with E-state index in [-0.39, 0.29) is 24.7 Å². The van der Waals surface area contributed by atoms with Crippen LogP contribution in [0, 0.1) is 0 Å². The third-order valence-corrected chi connectivity index (χ3v) is 4.68. The van der Waals surface area contributed by atoms with Crippen molar-refractivity contribution in [2.24, 2.45) is 0 Å². The molecule has 0 aliphatic heterocycles. The Morgan fingerprint density at radius 1 is 1.08 bits per heavy atom. The molecular formula is C15H20N4O4S. The summed E-state index contributed by atoms with van der Waals surface area (Å²) in [6.07, 6.45) is 0. The van der Waals surface area contributed by atoms with Crippen LogP contribution in [0.2, 0.25) is 0 Å². The molecule has 0 bridgehead atoms. The van der Waals surface area contributed by atoms with Crippen LogP contribution in [-0.4, -0.2) is 54.1 Å². The Balaban J connectivity index is 2.39. The molecule has 24 heavy (non-hydrogen) atoms. The van der Waals surface area contributed by atoms with Gasteiger partial charge >= 0.3 is 0 Å². The summed E-state index contributed by atoms with van der Waals surface area (Å²) in [4.78, 5) is 8.62. The van der Waals surface area contributed by atoms with E-state index in [0.717, 1.165) is 0 Å². The van der Waals surface area contributed by atoms with Crippen LogP contribution >= 0.6 is 0 Å². The van der Waals surface area contributed by atoms with E-state index in [9.17, 15) is 8.42 Å². The van der Waals surface area contributed by atoms with Crippen LogP contribution in [0.4, 0.5) is 11.5 Å². The van der Waals surface area contributed by atoms with Crippen LogP contribution in [0.1, 0.15) is 5.69 Å². The van der Waals surface area contributed by atoms with E-state index in [1.165, 1.54) is 6.07 Å². The molecule has 1 aromatic carbocycles. The second-order valence-electron chi connectivity index (χ2n) is 5.16. The number of nitrogens with one attached hydrogen (secondary N) is 1. The molecule has 0 saturated carbocycles. The topological polar surface area (TPSA) is 138 Å². The number of hydrogen-bond acceptors (Lipinski definition) is 8. The first kappa shape index (κ1) is 18.1. The smallest absolute Gasteiger partial charge is 0.161 e. The average molecular weight is 352 g/mol. The molecule has 2 aromatic rings. The molecule has 0 saturated heterocycles.